The molecule has 2 nitrogen and oxygen atoms in total. The summed E-state index contributed by atoms with van der Waals surface area (Å²) in [5, 5.41) is 0.824. The van der Waals surface area contributed by atoms with Gasteiger partial charge < -0.3 is 10.6 Å². The Bertz CT molecular complexity index is 434. The molecule has 1 aliphatic rings. The molecule has 0 amide bonds. The topological polar surface area (TPSA) is 29.3 Å². The van der Waals surface area contributed by atoms with Gasteiger partial charge in [0.25, 0.3) is 0 Å². The predicted octanol–water partition coefficient (Wildman–Crippen LogP) is 3.92. The zero-order valence-electron chi connectivity index (χ0n) is 12.6. The van der Waals surface area contributed by atoms with Crippen molar-refractivity contribution in [2.75, 3.05) is 19.6 Å². The highest BCUT2D eigenvalue weighted by Gasteiger charge is 2.33. The first-order valence-electron chi connectivity index (χ1n) is 7.12. The lowest BCUT2D eigenvalue weighted by Gasteiger charge is -2.43. The number of hydrogen-bond acceptors (Lipinski definition) is 2. The highest BCUT2D eigenvalue weighted by molar-refractivity contribution is 6.30. The first-order valence-corrected chi connectivity index (χ1v) is 7.50. The van der Waals surface area contributed by atoms with Crippen molar-refractivity contribution in [2.45, 2.75) is 39.2 Å². The van der Waals surface area contributed by atoms with E-state index in [1.807, 2.05) is 12.1 Å². The number of piperidine rings is 1. The van der Waals surface area contributed by atoms with Gasteiger partial charge in [-0.25, -0.2) is 0 Å². The summed E-state index contributed by atoms with van der Waals surface area (Å²) in [4.78, 5) is 2.54. The number of nitrogens with zero attached hydrogens (tertiary/aromatic N) is 1. The minimum atomic E-state index is 0. The average Bonchev–Trinajstić information content (AvgIpc) is 2.33. The van der Waals surface area contributed by atoms with Crippen molar-refractivity contribution in [2.24, 2.45) is 11.1 Å². The van der Waals surface area contributed by atoms with Gasteiger partial charge in [0.05, 0.1) is 0 Å². The summed E-state index contributed by atoms with van der Waals surface area (Å²) in [5.74, 6) is 0.504. The van der Waals surface area contributed by atoms with Gasteiger partial charge in [0.15, 0.2) is 0 Å². The Kier molecular flexibility index (Phi) is 6.33. The minimum absolute atomic E-state index is 0. The fourth-order valence-corrected chi connectivity index (χ4v) is 3.15. The van der Waals surface area contributed by atoms with Gasteiger partial charge in [-0.1, -0.05) is 44.5 Å². The maximum atomic E-state index is 6.19. The molecule has 0 saturated carbocycles. The molecule has 20 heavy (non-hydrogen) atoms. The lowest BCUT2D eigenvalue weighted by molar-refractivity contribution is 0.0915. The van der Waals surface area contributed by atoms with Crippen LogP contribution in [0.15, 0.2) is 24.3 Å². The quantitative estimate of drug-likeness (QED) is 0.915. The van der Waals surface area contributed by atoms with Crippen molar-refractivity contribution in [1.29, 1.82) is 0 Å². The normalized spacial score (nSPS) is 23.9. The molecular weight excluding hydrogens is 291 g/mol. The van der Waals surface area contributed by atoms with Crippen molar-refractivity contribution >= 4 is 24.0 Å². The Labute approximate surface area is 134 Å². The number of likely N-dealkylation sites (tertiary alicyclic amines) is 1. The van der Waals surface area contributed by atoms with E-state index in [1.165, 1.54) is 5.56 Å². The number of benzene rings is 1. The fraction of sp³-hybridized carbons (Fsp3) is 0.625. The molecule has 1 saturated heterocycles. The van der Waals surface area contributed by atoms with Crippen molar-refractivity contribution in [3.63, 3.8) is 0 Å². The van der Waals surface area contributed by atoms with Gasteiger partial charge in [-0.05, 0) is 42.0 Å². The van der Waals surface area contributed by atoms with E-state index in [4.69, 9.17) is 17.3 Å². The van der Waals surface area contributed by atoms with Crippen molar-refractivity contribution in [3.05, 3.63) is 34.9 Å². The summed E-state index contributed by atoms with van der Waals surface area (Å²) in [6.07, 6.45) is 1.09. The predicted molar refractivity (Wildman–Crippen MR) is 89.9 cm³/mol. The van der Waals surface area contributed by atoms with Crippen LogP contribution in [0.2, 0.25) is 5.02 Å². The zero-order chi connectivity index (χ0) is 14.0. The van der Waals surface area contributed by atoms with E-state index in [2.05, 4.69) is 37.8 Å². The number of nitrogens with two attached hydrogens (primary N) is 1. The molecule has 0 aliphatic carbocycles. The SMILES string of the molecule is CC(CN1CCC(N)C(C)(C)C1)c1cccc(Cl)c1.Cl. The molecule has 2 atom stereocenters. The molecule has 2 unspecified atom stereocenters. The molecule has 2 N–H and O–H groups in total. The molecule has 0 aromatic heterocycles. The second-order valence-corrected chi connectivity index (χ2v) is 7.01. The largest absolute Gasteiger partial charge is 0.327 e. The van der Waals surface area contributed by atoms with Crippen molar-refractivity contribution in [3.8, 4) is 0 Å². The van der Waals surface area contributed by atoms with Gasteiger partial charge >= 0.3 is 0 Å². The molecule has 0 radical (unpaired) electrons. The first-order chi connectivity index (χ1) is 8.88. The van der Waals surface area contributed by atoms with Crippen LogP contribution in [0.3, 0.4) is 0 Å². The van der Waals surface area contributed by atoms with Crippen LogP contribution in [0.4, 0.5) is 0 Å². The maximum Gasteiger partial charge on any atom is 0.0408 e. The third-order valence-electron chi connectivity index (χ3n) is 4.34. The smallest absolute Gasteiger partial charge is 0.0408 e. The Morgan fingerprint density at radius 2 is 2.15 bits per heavy atom. The Balaban J connectivity index is 0.00000200. The summed E-state index contributed by atoms with van der Waals surface area (Å²) in [7, 11) is 0. The molecule has 1 fully saturated rings. The first kappa shape index (κ1) is 17.8. The lowest BCUT2D eigenvalue weighted by atomic mass is 9.79. The molecule has 4 heteroatoms. The summed E-state index contributed by atoms with van der Waals surface area (Å²) in [5.41, 5.74) is 7.73. The van der Waals surface area contributed by atoms with Crippen LogP contribution in [0.1, 0.15) is 38.7 Å². The lowest BCUT2D eigenvalue weighted by Crippen LogP contribution is -2.52. The summed E-state index contributed by atoms with van der Waals surface area (Å²) in [6, 6.07) is 8.53. The van der Waals surface area contributed by atoms with Gasteiger partial charge in [-0.3, -0.25) is 0 Å². The molecule has 0 spiro atoms. The number of hydrogen-bond donors (Lipinski definition) is 1. The molecule has 1 heterocycles. The van der Waals surface area contributed by atoms with Crippen LogP contribution in [0.5, 0.6) is 0 Å². The molecule has 1 aromatic carbocycles. The molecule has 114 valence electrons. The summed E-state index contributed by atoms with van der Waals surface area (Å²) < 4.78 is 0. The third-order valence-corrected chi connectivity index (χ3v) is 4.58. The van der Waals surface area contributed by atoms with Crippen LogP contribution >= 0.6 is 24.0 Å². The standard InChI is InChI=1S/C16H25ClN2.ClH/c1-12(13-5-4-6-14(17)9-13)10-19-8-7-15(18)16(2,3)11-19;/h4-6,9,12,15H,7-8,10-11,18H2,1-3H3;1H. The molecule has 0 bridgehead atoms. The maximum absolute atomic E-state index is 6.19. The van der Waals surface area contributed by atoms with Gasteiger partial charge in [-0.2, -0.15) is 0 Å². The fourth-order valence-electron chi connectivity index (χ4n) is 2.95. The van der Waals surface area contributed by atoms with E-state index in [1.54, 1.807) is 0 Å². The van der Waals surface area contributed by atoms with Crippen LogP contribution in [0, 0.1) is 5.41 Å². The Morgan fingerprint density at radius 1 is 1.45 bits per heavy atom. The van der Waals surface area contributed by atoms with E-state index in [0.717, 1.165) is 31.1 Å². The van der Waals surface area contributed by atoms with Crippen molar-refractivity contribution in [1.82, 2.24) is 4.90 Å². The van der Waals surface area contributed by atoms with E-state index in [9.17, 15) is 0 Å². The van der Waals surface area contributed by atoms with Gasteiger partial charge in [0.1, 0.15) is 0 Å². The van der Waals surface area contributed by atoms with E-state index < -0.39 is 0 Å². The van der Waals surface area contributed by atoms with Crippen LogP contribution in [0.25, 0.3) is 0 Å². The summed E-state index contributed by atoms with van der Waals surface area (Å²) in [6.45, 7) is 10.1. The number of halogens is 2. The highest BCUT2D eigenvalue weighted by Crippen LogP contribution is 2.29. The second-order valence-electron chi connectivity index (χ2n) is 6.57. The monoisotopic (exact) mass is 316 g/mol. The molecule has 1 aliphatic heterocycles. The zero-order valence-corrected chi connectivity index (χ0v) is 14.2. The van der Waals surface area contributed by atoms with Gasteiger partial charge in [-0.15, -0.1) is 12.4 Å². The highest BCUT2D eigenvalue weighted by atomic mass is 35.5. The number of rotatable bonds is 3. The van der Waals surface area contributed by atoms with Crippen LogP contribution in [-0.2, 0) is 0 Å². The average molecular weight is 317 g/mol. The summed E-state index contributed by atoms with van der Waals surface area (Å²) >= 11 is 6.07. The molecule has 1 aromatic rings. The Morgan fingerprint density at radius 3 is 2.75 bits per heavy atom. The minimum Gasteiger partial charge on any atom is -0.327 e. The van der Waals surface area contributed by atoms with Crippen molar-refractivity contribution < 1.29 is 0 Å². The second kappa shape index (κ2) is 7.13. The molecular formula is C16H26Cl2N2. The van der Waals surface area contributed by atoms with Crippen LogP contribution in [-0.4, -0.2) is 30.6 Å². The molecule has 2 rings (SSSR count). The van der Waals surface area contributed by atoms with Gasteiger partial charge in [0.2, 0.25) is 0 Å². The van der Waals surface area contributed by atoms with Crippen LogP contribution < -0.4 is 5.73 Å². The third kappa shape index (κ3) is 4.36. The van der Waals surface area contributed by atoms with E-state index in [0.29, 0.717) is 12.0 Å². The van der Waals surface area contributed by atoms with Gasteiger partial charge in [0, 0.05) is 24.2 Å². The van der Waals surface area contributed by atoms with E-state index >= 15 is 0 Å². The Hall–Kier alpha value is -0.280. The van der Waals surface area contributed by atoms with E-state index in [-0.39, 0.29) is 17.8 Å².